The van der Waals surface area contributed by atoms with Crippen molar-refractivity contribution in [1.82, 2.24) is 4.90 Å². The Kier molecular flexibility index (Phi) is 3.16. The number of nitrogens with zero attached hydrogens (tertiary/aromatic N) is 2. The average Bonchev–Trinajstić information content (AvgIpc) is 2.41. The van der Waals surface area contributed by atoms with Crippen LogP contribution in [0.5, 0.6) is 0 Å². The Morgan fingerprint density at radius 2 is 1.80 bits per heavy atom. The van der Waals surface area contributed by atoms with Gasteiger partial charge in [0.2, 0.25) is 15.0 Å². The molecular weight excluding hydrogens is 280 g/mol. The molecule has 84 valence electrons. The third-order valence-electron chi connectivity index (χ3n) is 2.59. The molecule has 0 radical (unpaired) electrons. The Bertz CT molecular complexity index is 406. The maximum atomic E-state index is 11.7. The van der Waals surface area contributed by atoms with E-state index in [4.69, 9.17) is 0 Å². The molecule has 0 bridgehead atoms. The third-order valence-corrected chi connectivity index (χ3v) is 4.69. The highest BCUT2D eigenvalue weighted by molar-refractivity contribution is 9.11. The molecule has 2 aliphatic rings. The van der Waals surface area contributed by atoms with E-state index in [9.17, 15) is 8.42 Å². The molecule has 6 heteroatoms. The fraction of sp³-hybridized carbons (Fsp3) is 0.667. The molecule has 0 atom stereocenters. The van der Waals surface area contributed by atoms with Gasteiger partial charge in [-0.15, -0.1) is 0 Å². The summed E-state index contributed by atoms with van der Waals surface area (Å²) in [4.78, 5) is 5.92. The molecule has 1 saturated heterocycles. The fourth-order valence-corrected chi connectivity index (χ4v) is 4.08. The molecule has 2 heterocycles. The van der Waals surface area contributed by atoms with Crippen LogP contribution in [0.25, 0.3) is 0 Å². The van der Waals surface area contributed by atoms with E-state index >= 15 is 0 Å². The zero-order valence-corrected chi connectivity index (χ0v) is 10.7. The summed E-state index contributed by atoms with van der Waals surface area (Å²) in [5.74, 6) is 0. The van der Waals surface area contributed by atoms with Crippen molar-refractivity contribution in [3.05, 3.63) is 10.0 Å². The number of hydrogen-bond donors (Lipinski definition) is 0. The number of sulfone groups is 1. The number of rotatable bonds is 0. The van der Waals surface area contributed by atoms with Crippen LogP contribution in [0.2, 0.25) is 0 Å². The van der Waals surface area contributed by atoms with Gasteiger partial charge < -0.3 is 4.90 Å². The van der Waals surface area contributed by atoms with Crippen molar-refractivity contribution < 1.29 is 8.42 Å². The molecule has 0 aromatic rings. The predicted octanol–water partition coefficient (Wildman–Crippen LogP) is 1.84. The van der Waals surface area contributed by atoms with Gasteiger partial charge in [-0.05, 0) is 28.8 Å². The quantitative estimate of drug-likeness (QED) is 0.640. The monoisotopic (exact) mass is 292 g/mol. The summed E-state index contributed by atoms with van der Waals surface area (Å²) in [5, 5.41) is 1.39. The second-order valence-electron chi connectivity index (χ2n) is 3.78. The summed E-state index contributed by atoms with van der Waals surface area (Å²) in [7, 11) is -3.29. The van der Waals surface area contributed by atoms with Crippen LogP contribution in [0.4, 0.5) is 0 Å². The van der Waals surface area contributed by atoms with Crippen molar-refractivity contribution in [3.63, 3.8) is 0 Å². The van der Waals surface area contributed by atoms with Crippen LogP contribution in [0.3, 0.4) is 0 Å². The second kappa shape index (κ2) is 4.25. The van der Waals surface area contributed by atoms with Crippen molar-refractivity contribution >= 4 is 30.9 Å². The van der Waals surface area contributed by atoms with Crippen molar-refractivity contribution in [2.45, 2.75) is 25.7 Å². The van der Waals surface area contributed by atoms with Gasteiger partial charge in [0.15, 0.2) is 0 Å². The van der Waals surface area contributed by atoms with Crippen LogP contribution in [0.15, 0.2) is 15.0 Å². The maximum Gasteiger partial charge on any atom is 0.235 e. The minimum Gasteiger partial charge on any atom is -0.347 e. The molecule has 0 saturated carbocycles. The van der Waals surface area contributed by atoms with Crippen molar-refractivity contribution in [2.24, 2.45) is 4.99 Å². The molecule has 2 aliphatic heterocycles. The molecule has 0 N–H and O–H groups in total. The highest BCUT2D eigenvalue weighted by Gasteiger charge is 2.29. The number of likely N-dealkylation sites (tertiary alicyclic amines) is 1. The molecule has 0 aliphatic carbocycles. The molecule has 2 rings (SSSR count). The van der Waals surface area contributed by atoms with Crippen molar-refractivity contribution in [1.29, 1.82) is 0 Å². The molecular formula is C9H13BrN2O2S. The van der Waals surface area contributed by atoms with E-state index in [-0.39, 0.29) is 5.17 Å². The third kappa shape index (κ3) is 2.42. The highest BCUT2D eigenvalue weighted by atomic mass is 79.9. The van der Waals surface area contributed by atoms with Crippen molar-refractivity contribution in [3.8, 4) is 0 Å². The van der Waals surface area contributed by atoms with Crippen LogP contribution in [0.1, 0.15) is 25.7 Å². The molecule has 0 aromatic carbocycles. The van der Waals surface area contributed by atoms with Crippen LogP contribution < -0.4 is 0 Å². The minimum atomic E-state index is -3.29. The van der Waals surface area contributed by atoms with Crippen molar-refractivity contribution in [2.75, 3.05) is 13.1 Å². The van der Waals surface area contributed by atoms with Crippen LogP contribution in [0, 0.1) is 0 Å². The van der Waals surface area contributed by atoms with E-state index in [1.165, 1.54) is 18.2 Å². The molecule has 0 aromatic heterocycles. The smallest absolute Gasteiger partial charge is 0.235 e. The lowest BCUT2D eigenvalue weighted by Crippen LogP contribution is -2.35. The Morgan fingerprint density at radius 3 is 2.27 bits per heavy atom. The Hall–Kier alpha value is -0.360. The summed E-state index contributed by atoms with van der Waals surface area (Å²) in [5.41, 5.74) is 0. The molecule has 0 spiro atoms. The fourth-order valence-electron chi connectivity index (χ4n) is 1.87. The lowest BCUT2D eigenvalue weighted by atomic mass is 10.2. The topological polar surface area (TPSA) is 49.7 Å². The molecule has 0 unspecified atom stereocenters. The zero-order chi connectivity index (χ0) is 10.9. The molecule has 0 amide bonds. The lowest BCUT2D eigenvalue weighted by Gasteiger charge is -2.20. The first-order chi connectivity index (χ1) is 7.09. The predicted molar refractivity (Wildman–Crippen MR) is 63.4 cm³/mol. The van der Waals surface area contributed by atoms with Gasteiger partial charge in [0.25, 0.3) is 0 Å². The summed E-state index contributed by atoms with van der Waals surface area (Å²) >= 11 is 3.11. The SMILES string of the molecule is O=S1(=O)C=C(Br)N=C1N1CCCCCC1. The van der Waals surface area contributed by atoms with E-state index in [0.717, 1.165) is 25.9 Å². The first kappa shape index (κ1) is 11.1. The van der Waals surface area contributed by atoms with Crippen LogP contribution >= 0.6 is 15.9 Å². The summed E-state index contributed by atoms with van der Waals surface area (Å²) in [6.45, 7) is 1.60. The van der Waals surface area contributed by atoms with E-state index in [1.54, 1.807) is 0 Å². The largest absolute Gasteiger partial charge is 0.347 e. The maximum absolute atomic E-state index is 11.7. The van der Waals surface area contributed by atoms with E-state index in [2.05, 4.69) is 20.9 Å². The van der Waals surface area contributed by atoms with Gasteiger partial charge in [-0.1, -0.05) is 12.8 Å². The van der Waals surface area contributed by atoms with Gasteiger partial charge in [0.1, 0.15) is 4.61 Å². The second-order valence-corrected chi connectivity index (χ2v) is 6.28. The first-order valence-corrected chi connectivity index (χ1v) is 7.39. The number of hydrogen-bond acceptors (Lipinski definition) is 4. The zero-order valence-electron chi connectivity index (χ0n) is 8.32. The summed E-state index contributed by atoms with van der Waals surface area (Å²) in [6.07, 6.45) is 4.45. The Morgan fingerprint density at radius 1 is 1.20 bits per heavy atom. The van der Waals surface area contributed by atoms with E-state index in [1.807, 2.05) is 4.90 Å². The van der Waals surface area contributed by atoms with Crippen LogP contribution in [-0.4, -0.2) is 31.6 Å². The van der Waals surface area contributed by atoms with E-state index in [0.29, 0.717) is 4.61 Å². The first-order valence-electron chi connectivity index (χ1n) is 5.05. The van der Waals surface area contributed by atoms with Gasteiger partial charge in [-0.25, -0.2) is 13.4 Å². The molecule has 1 fully saturated rings. The summed E-state index contributed by atoms with van der Waals surface area (Å²) < 4.78 is 23.8. The Balaban J connectivity index is 2.21. The van der Waals surface area contributed by atoms with Gasteiger partial charge >= 0.3 is 0 Å². The minimum absolute atomic E-state index is 0.219. The normalized spacial score (nSPS) is 25.8. The van der Waals surface area contributed by atoms with Gasteiger partial charge in [0.05, 0.1) is 5.41 Å². The molecule has 4 nitrogen and oxygen atoms in total. The molecule has 15 heavy (non-hydrogen) atoms. The number of aliphatic imine (C=N–C) groups is 1. The van der Waals surface area contributed by atoms with Gasteiger partial charge in [-0.2, -0.15) is 0 Å². The summed E-state index contributed by atoms with van der Waals surface area (Å²) in [6, 6.07) is 0. The van der Waals surface area contributed by atoms with Crippen LogP contribution in [-0.2, 0) is 9.84 Å². The number of halogens is 1. The standard InChI is InChI=1S/C9H13BrN2O2S/c10-8-7-15(13,14)9(11-8)12-5-3-1-2-4-6-12/h7H,1-6H2. The number of amidine groups is 1. The van der Waals surface area contributed by atoms with E-state index < -0.39 is 9.84 Å². The van der Waals surface area contributed by atoms with Gasteiger partial charge in [0, 0.05) is 13.1 Å². The lowest BCUT2D eigenvalue weighted by molar-refractivity contribution is 0.440. The highest BCUT2D eigenvalue weighted by Crippen LogP contribution is 2.23. The average molecular weight is 293 g/mol. The Labute approximate surface area is 98.1 Å². The van der Waals surface area contributed by atoms with Gasteiger partial charge in [-0.3, -0.25) is 0 Å².